The molecule has 4 heteroatoms. The van der Waals surface area contributed by atoms with E-state index in [9.17, 15) is 0 Å². The predicted molar refractivity (Wildman–Crippen MR) is 76.3 cm³/mol. The van der Waals surface area contributed by atoms with Crippen molar-refractivity contribution in [1.29, 1.82) is 0 Å². The Kier molecular flexibility index (Phi) is 5.49. The smallest absolute Gasteiger partial charge is 0.116 e. The minimum atomic E-state index is 0.841. The summed E-state index contributed by atoms with van der Waals surface area (Å²) in [6.45, 7) is 12.9. The van der Waals surface area contributed by atoms with Crippen LogP contribution in [0.3, 0.4) is 0 Å². The summed E-state index contributed by atoms with van der Waals surface area (Å²) < 4.78 is 0. The highest BCUT2D eigenvalue weighted by Crippen LogP contribution is 2.19. The zero-order valence-electron chi connectivity index (χ0n) is 11.7. The molecule has 0 amide bonds. The lowest BCUT2D eigenvalue weighted by Gasteiger charge is -2.10. The van der Waals surface area contributed by atoms with Gasteiger partial charge in [-0.15, -0.1) is 0 Å². The normalized spacial score (nSPS) is 11.4. The molecule has 0 saturated heterocycles. The lowest BCUT2D eigenvalue weighted by molar-refractivity contribution is 0.725. The van der Waals surface area contributed by atoms with Crippen LogP contribution in [0.2, 0.25) is 0 Å². The van der Waals surface area contributed by atoms with Crippen molar-refractivity contribution in [2.75, 3.05) is 6.54 Å². The highest BCUT2D eigenvalue weighted by Gasteiger charge is 2.05. The summed E-state index contributed by atoms with van der Waals surface area (Å²) >= 11 is 0. The minimum absolute atomic E-state index is 0.841. The number of nitrogens with zero attached hydrogens (tertiary/aromatic N) is 3. The van der Waals surface area contributed by atoms with Crippen LogP contribution in [0.4, 0.5) is 5.69 Å². The van der Waals surface area contributed by atoms with E-state index in [-0.39, 0.29) is 0 Å². The molecule has 0 aliphatic carbocycles. The Morgan fingerprint density at radius 1 is 1.33 bits per heavy atom. The number of allylic oxidation sites excluding steroid dienone is 1. The summed E-state index contributed by atoms with van der Waals surface area (Å²) in [6.07, 6.45) is 3.87. The fraction of sp³-hybridized carbons (Fsp3) is 0.500. The fourth-order valence-electron chi connectivity index (χ4n) is 1.53. The number of nitrogens with one attached hydrogen (secondary N) is 1. The quantitative estimate of drug-likeness (QED) is 0.620. The van der Waals surface area contributed by atoms with Gasteiger partial charge in [0.2, 0.25) is 0 Å². The van der Waals surface area contributed by atoms with E-state index in [1.807, 2.05) is 20.8 Å². The van der Waals surface area contributed by atoms with Crippen LogP contribution in [0, 0.1) is 13.8 Å². The van der Waals surface area contributed by atoms with Crippen molar-refractivity contribution < 1.29 is 0 Å². The second-order valence-electron chi connectivity index (χ2n) is 4.35. The highest BCUT2D eigenvalue weighted by molar-refractivity contribution is 5.98. The number of aliphatic imine (C=N–C) groups is 1. The number of unbranched alkanes of at least 4 members (excludes halogenated alkanes) is 1. The van der Waals surface area contributed by atoms with Crippen molar-refractivity contribution in [3.05, 3.63) is 30.0 Å². The van der Waals surface area contributed by atoms with Gasteiger partial charge in [0.05, 0.1) is 17.1 Å². The van der Waals surface area contributed by atoms with Gasteiger partial charge in [0.25, 0.3) is 0 Å². The summed E-state index contributed by atoms with van der Waals surface area (Å²) in [6, 6.07) is 0. The van der Waals surface area contributed by atoms with Crippen molar-refractivity contribution in [3.8, 4) is 0 Å². The summed E-state index contributed by atoms with van der Waals surface area (Å²) in [5, 5.41) is 3.28. The number of rotatable bonds is 6. The molecule has 0 fully saturated rings. The van der Waals surface area contributed by atoms with Crippen molar-refractivity contribution >= 4 is 11.4 Å². The Hall–Kier alpha value is -1.71. The fourth-order valence-corrected chi connectivity index (χ4v) is 1.53. The average molecular weight is 246 g/mol. The Balaban J connectivity index is 2.79. The SMILES string of the molecule is C=C(NCCCC)/C(C)=N/c1c(C)ncnc1C. The average Bonchev–Trinajstić information content (AvgIpc) is 2.34. The summed E-state index contributed by atoms with van der Waals surface area (Å²) in [4.78, 5) is 12.9. The van der Waals surface area contributed by atoms with Crippen LogP contribution in [0.25, 0.3) is 0 Å². The molecule has 1 heterocycles. The van der Waals surface area contributed by atoms with E-state index < -0.39 is 0 Å². The number of hydrogen-bond acceptors (Lipinski definition) is 4. The molecule has 1 N–H and O–H groups in total. The lowest BCUT2D eigenvalue weighted by atomic mass is 10.2. The first-order valence-electron chi connectivity index (χ1n) is 6.33. The maximum absolute atomic E-state index is 4.57. The first-order chi connectivity index (χ1) is 8.56. The van der Waals surface area contributed by atoms with Crippen LogP contribution in [-0.2, 0) is 0 Å². The van der Waals surface area contributed by atoms with Crippen molar-refractivity contribution in [3.63, 3.8) is 0 Å². The van der Waals surface area contributed by atoms with Gasteiger partial charge in [0, 0.05) is 12.2 Å². The maximum Gasteiger partial charge on any atom is 0.116 e. The molecule has 0 unspecified atom stereocenters. The molecule has 0 aromatic carbocycles. The molecule has 18 heavy (non-hydrogen) atoms. The van der Waals surface area contributed by atoms with Gasteiger partial charge in [-0.2, -0.15) is 0 Å². The summed E-state index contributed by atoms with van der Waals surface area (Å²) in [5.74, 6) is 0. The second kappa shape index (κ2) is 6.89. The van der Waals surface area contributed by atoms with E-state index in [1.165, 1.54) is 6.42 Å². The summed E-state index contributed by atoms with van der Waals surface area (Å²) in [5.41, 5.74) is 4.37. The van der Waals surface area contributed by atoms with E-state index in [4.69, 9.17) is 0 Å². The number of aryl methyl sites for hydroxylation is 2. The van der Waals surface area contributed by atoms with Crippen LogP contribution >= 0.6 is 0 Å². The third-order valence-electron chi connectivity index (χ3n) is 2.77. The zero-order valence-corrected chi connectivity index (χ0v) is 11.7. The molecule has 0 aliphatic rings. The molecule has 4 nitrogen and oxygen atoms in total. The summed E-state index contributed by atoms with van der Waals surface area (Å²) in [7, 11) is 0. The molecule has 0 bridgehead atoms. The van der Waals surface area contributed by atoms with E-state index in [2.05, 4.69) is 33.8 Å². The molecule has 0 saturated carbocycles. The first kappa shape index (κ1) is 14.4. The highest BCUT2D eigenvalue weighted by atomic mass is 14.9. The standard InChI is InChI=1S/C14H22N4/c1-6-7-8-15-10(2)11(3)18-14-12(4)16-9-17-13(14)5/h9,15H,2,6-8H2,1,3-5H3/b18-11+. The molecule has 1 rings (SSSR count). The minimum Gasteiger partial charge on any atom is -0.384 e. The third-order valence-corrected chi connectivity index (χ3v) is 2.77. The van der Waals surface area contributed by atoms with E-state index in [0.29, 0.717) is 0 Å². The van der Waals surface area contributed by atoms with Gasteiger partial charge in [-0.25, -0.2) is 15.0 Å². The van der Waals surface area contributed by atoms with Crippen LogP contribution < -0.4 is 5.32 Å². The van der Waals surface area contributed by atoms with Gasteiger partial charge in [-0.3, -0.25) is 0 Å². The Bertz CT molecular complexity index is 429. The topological polar surface area (TPSA) is 50.2 Å². The van der Waals surface area contributed by atoms with Gasteiger partial charge in [0.1, 0.15) is 12.0 Å². The molecule has 1 aromatic rings. The largest absolute Gasteiger partial charge is 0.384 e. The van der Waals surface area contributed by atoms with Gasteiger partial charge in [0.15, 0.2) is 0 Å². The van der Waals surface area contributed by atoms with Crippen LogP contribution in [0.15, 0.2) is 23.6 Å². The van der Waals surface area contributed by atoms with Gasteiger partial charge in [-0.1, -0.05) is 19.9 Å². The molecule has 0 radical (unpaired) electrons. The first-order valence-corrected chi connectivity index (χ1v) is 6.33. The Labute approximate surface area is 109 Å². The Morgan fingerprint density at radius 2 is 1.94 bits per heavy atom. The molecular formula is C14H22N4. The molecular weight excluding hydrogens is 224 g/mol. The molecule has 0 atom stereocenters. The monoisotopic (exact) mass is 246 g/mol. The number of aromatic nitrogens is 2. The van der Waals surface area contributed by atoms with E-state index in [0.717, 1.165) is 41.4 Å². The molecule has 1 aromatic heterocycles. The maximum atomic E-state index is 4.57. The second-order valence-corrected chi connectivity index (χ2v) is 4.35. The Morgan fingerprint density at radius 3 is 2.50 bits per heavy atom. The van der Waals surface area contributed by atoms with Gasteiger partial charge >= 0.3 is 0 Å². The molecule has 0 spiro atoms. The van der Waals surface area contributed by atoms with Gasteiger partial charge < -0.3 is 5.32 Å². The zero-order chi connectivity index (χ0) is 13.5. The van der Waals surface area contributed by atoms with Gasteiger partial charge in [-0.05, 0) is 27.2 Å². The van der Waals surface area contributed by atoms with Crippen molar-refractivity contribution in [1.82, 2.24) is 15.3 Å². The van der Waals surface area contributed by atoms with Crippen LogP contribution in [0.1, 0.15) is 38.1 Å². The van der Waals surface area contributed by atoms with E-state index in [1.54, 1.807) is 6.33 Å². The molecule has 0 aliphatic heterocycles. The molecule has 98 valence electrons. The van der Waals surface area contributed by atoms with E-state index >= 15 is 0 Å². The number of hydrogen-bond donors (Lipinski definition) is 1. The lowest BCUT2D eigenvalue weighted by Crippen LogP contribution is -2.18. The third kappa shape index (κ3) is 3.95. The van der Waals surface area contributed by atoms with Crippen molar-refractivity contribution in [2.45, 2.75) is 40.5 Å². The predicted octanol–water partition coefficient (Wildman–Crippen LogP) is 3.09. The van der Waals surface area contributed by atoms with Crippen LogP contribution in [0.5, 0.6) is 0 Å². The van der Waals surface area contributed by atoms with Crippen molar-refractivity contribution in [2.24, 2.45) is 4.99 Å². The van der Waals surface area contributed by atoms with Crippen LogP contribution in [-0.4, -0.2) is 22.2 Å².